The van der Waals surface area contributed by atoms with E-state index in [0.717, 1.165) is 0 Å². The summed E-state index contributed by atoms with van der Waals surface area (Å²) in [6.07, 6.45) is -3.28. The van der Waals surface area contributed by atoms with Crippen LogP contribution in [0.2, 0.25) is 5.28 Å². The van der Waals surface area contributed by atoms with Crippen molar-refractivity contribution in [2.45, 2.75) is 24.5 Å². The number of nitrogens with zero attached hydrogens (tertiary/aromatic N) is 5. The first-order chi connectivity index (χ1) is 10.4. The lowest BCUT2D eigenvalue weighted by Gasteiger charge is -2.35. The maximum Gasteiger partial charge on any atom is 0.226 e. The Kier molecular flexibility index (Phi) is 3.91. The number of rotatable bonds is 2. The van der Waals surface area contributed by atoms with Gasteiger partial charge in [0.2, 0.25) is 5.28 Å². The van der Waals surface area contributed by atoms with Crippen LogP contribution in [0.25, 0.3) is 11.2 Å². The lowest BCUT2D eigenvalue weighted by molar-refractivity contribution is -0.210. The van der Waals surface area contributed by atoms with Gasteiger partial charge in [-0.1, -0.05) is 0 Å². The Balaban J connectivity index is 2.09. The molecule has 3 heterocycles. The summed E-state index contributed by atoms with van der Waals surface area (Å²) in [4.78, 5) is 14.2. The fourth-order valence-corrected chi connectivity index (χ4v) is 2.57. The Labute approximate surface area is 130 Å². The van der Waals surface area contributed by atoms with Crippen LogP contribution in [-0.2, 0) is 4.74 Å². The number of hydrogen-bond acceptors (Lipinski definition) is 8. The molecule has 2 aromatic rings. The van der Waals surface area contributed by atoms with E-state index in [9.17, 15) is 15.3 Å². The van der Waals surface area contributed by atoms with E-state index in [1.807, 2.05) is 0 Å². The predicted octanol–water partition coefficient (Wildman–Crippen LogP) is -0.843. The first kappa shape index (κ1) is 15.4. The summed E-state index contributed by atoms with van der Waals surface area (Å²) in [5.41, 5.74) is 0.863. The number of fused-ring (bicyclic) bond motifs is 1. The third-order valence-corrected chi connectivity index (χ3v) is 3.72. The summed E-state index contributed by atoms with van der Waals surface area (Å²) in [5.74, 6) is 0.527. The molecule has 3 N–H and O–H groups in total. The SMILES string of the molecule is CN(C)c1nc(Cl)nc2c1ncn2[C@H]1OC[C@@H](O)[C@@H](O)[C@@H]1O. The van der Waals surface area contributed by atoms with Crippen molar-refractivity contribution < 1.29 is 20.1 Å². The van der Waals surface area contributed by atoms with Gasteiger partial charge in [-0.2, -0.15) is 9.97 Å². The van der Waals surface area contributed by atoms with Crippen LogP contribution in [0.4, 0.5) is 5.82 Å². The Bertz CT molecular complexity index is 693. The molecule has 1 aliphatic rings. The first-order valence-corrected chi connectivity index (χ1v) is 7.01. The molecule has 0 radical (unpaired) electrons. The van der Waals surface area contributed by atoms with Gasteiger partial charge in [0.25, 0.3) is 0 Å². The molecule has 4 atom stereocenters. The second-order valence-corrected chi connectivity index (χ2v) is 5.65. The van der Waals surface area contributed by atoms with Gasteiger partial charge >= 0.3 is 0 Å². The summed E-state index contributed by atoms with van der Waals surface area (Å²) in [6, 6.07) is 0. The Hall–Kier alpha value is -1.52. The minimum Gasteiger partial charge on any atom is -0.388 e. The van der Waals surface area contributed by atoms with Gasteiger partial charge in [-0.3, -0.25) is 4.57 Å². The molecule has 2 aromatic heterocycles. The van der Waals surface area contributed by atoms with Crippen molar-refractivity contribution in [3.05, 3.63) is 11.6 Å². The summed E-state index contributed by atoms with van der Waals surface area (Å²) >= 11 is 5.94. The number of hydrogen-bond donors (Lipinski definition) is 3. The zero-order valence-electron chi connectivity index (χ0n) is 12.0. The highest BCUT2D eigenvalue weighted by atomic mass is 35.5. The van der Waals surface area contributed by atoms with Gasteiger partial charge in [-0.25, -0.2) is 4.98 Å². The van der Waals surface area contributed by atoms with E-state index in [1.54, 1.807) is 19.0 Å². The fraction of sp³-hybridized carbons (Fsp3) is 0.583. The molecule has 1 aliphatic heterocycles. The molecule has 1 fully saturated rings. The van der Waals surface area contributed by atoms with Crippen LogP contribution in [0.5, 0.6) is 0 Å². The van der Waals surface area contributed by atoms with Crippen LogP contribution in [0.1, 0.15) is 6.23 Å². The summed E-state index contributed by atoms with van der Waals surface area (Å²) < 4.78 is 6.88. The minimum absolute atomic E-state index is 0.0313. The van der Waals surface area contributed by atoms with Crippen molar-refractivity contribution in [2.24, 2.45) is 0 Å². The molecule has 22 heavy (non-hydrogen) atoms. The topological polar surface area (TPSA) is 117 Å². The van der Waals surface area contributed by atoms with Crippen molar-refractivity contribution in [3.8, 4) is 0 Å². The van der Waals surface area contributed by atoms with Gasteiger partial charge in [0, 0.05) is 14.1 Å². The number of imidazole rings is 1. The van der Waals surface area contributed by atoms with E-state index in [1.165, 1.54) is 10.9 Å². The van der Waals surface area contributed by atoms with E-state index in [-0.39, 0.29) is 11.9 Å². The van der Waals surface area contributed by atoms with Crippen molar-refractivity contribution in [2.75, 3.05) is 25.6 Å². The van der Waals surface area contributed by atoms with Gasteiger partial charge in [0.15, 0.2) is 23.2 Å². The van der Waals surface area contributed by atoms with Crippen molar-refractivity contribution >= 4 is 28.6 Å². The van der Waals surface area contributed by atoms with Crippen LogP contribution < -0.4 is 4.90 Å². The molecule has 9 nitrogen and oxygen atoms in total. The summed E-state index contributed by atoms with van der Waals surface area (Å²) in [7, 11) is 3.59. The molecule has 0 aromatic carbocycles. The monoisotopic (exact) mass is 329 g/mol. The smallest absolute Gasteiger partial charge is 0.226 e. The zero-order valence-corrected chi connectivity index (χ0v) is 12.7. The van der Waals surface area contributed by atoms with Crippen LogP contribution in [0.15, 0.2) is 6.33 Å². The molecule has 0 bridgehead atoms. The van der Waals surface area contributed by atoms with E-state index in [2.05, 4.69) is 15.0 Å². The number of aliphatic hydroxyl groups is 3. The van der Waals surface area contributed by atoms with E-state index >= 15 is 0 Å². The van der Waals surface area contributed by atoms with Gasteiger partial charge in [-0.15, -0.1) is 0 Å². The van der Waals surface area contributed by atoms with Gasteiger partial charge < -0.3 is 25.0 Å². The first-order valence-electron chi connectivity index (χ1n) is 6.63. The second kappa shape index (κ2) is 5.60. The minimum atomic E-state index is -1.32. The third kappa shape index (κ3) is 2.40. The zero-order chi connectivity index (χ0) is 16.0. The van der Waals surface area contributed by atoms with Crippen LogP contribution in [-0.4, -0.2) is 73.9 Å². The molecule has 3 rings (SSSR count). The lowest BCUT2D eigenvalue weighted by atomic mass is 10.0. The Morgan fingerprint density at radius 1 is 1.27 bits per heavy atom. The average molecular weight is 330 g/mol. The standard InChI is InChI=1S/C12H16ClN5O4/c1-17(2)9-6-10(16-12(13)15-9)18(4-14-6)11-8(21)7(20)5(19)3-22-11/h4-5,7-8,11,19-21H,3H2,1-2H3/t5-,7-,8+,11+/m1/s1. The molecule has 0 unspecified atom stereocenters. The Morgan fingerprint density at radius 2 is 2.00 bits per heavy atom. The van der Waals surface area contributed by atoms with Gasteiger partial charge in [-0.05, 0) is 11.6 Å². The molecule has 0 saturated carbocycles. The summed E-state index contributed by atoms with van der Waals surface area (Å²) in [5, 5.41) is 29.5. The highest BCUT2D eigenvalue weighted by molar-refractivity contribution is 6.28. The van der Waals surface area contributed by atoms with Gasteiger partial charge in [0.1, 0.15) is 18.3 Å². The highest BCUT2D eigenvalue weighted by Gasteiger charge is 2.39. The lowest BCUT2D eigenvalue weighted by Crippen LogP contribution is -2.50. The highest BCUT2D eigenvalue weighted by Crippen LogP contribution is 2.29. The molecule has 120 valence electrons. The molecule has 1 saturated heterocycles. The molecular formula is C12H16ClN5O4. The quantitative estimate of drug-likeness (QED) is 0.610. The molecule has 0 aliphatic carbocycles. The fourth-order valence-electron chi connectivity index (χ4n) is 2.41. The maximum absolute atomic E-state index is 10.1. The average Bonchev–Trinajstić information content (AvgIpc) is 2.87. The third-order valence-electron chi connectivity index (χ3n) is 3.55. The van der Waals surface area contributed by atoms with E-state index in [4.69, 9.17) is 16.3 Å². The maximum atomic E-state index is 10.1. The van der Waals surface area contributed by atoms with E-state index in [0.29, 0.717) is 17.0 Å². The normalized spacial score (nSPS) is 29.0. The number of anilines is 1. The van der Waals surface area contributed by atoms with E-state index < -0.39 is 24.5 Å². The van der Waals surface area contributed by atoms with Crippen LogP contribution in [0, 0.1) is 0 Å². The van der Waals surface area contributed by atoms with Crippen molar-refractivity contribution in [1.29, 1.82) is 0 Å². The number of halogens is 1. The van der Waals surface area contributed by atoms with Gasteiger partial charge in [0.05, 0.1) is 12.9 Å². The largest absolute Gasteiger partial charge is 0.388 e. The number of aromatic nitrogens is 4. The second-order valence-electron chi connectivity index (χ2n) is 5.31. The summed E-state index contributed by atoms with van der Waals surface area (Å²) in [6.45, 7) is -0.109. The van der Waals surface area contributed by atoms with Crippen LogP contribution in [0.3, 0.4) is 0 Å². The molecule has 10 heteroatoms. The molecular weight excluding hydrogens is 314 g/mol. The van der Waals surface area contributed by atoms with Crippen molar-refractivity contribution in [3.63, 3.8) is 0 Å². The molecule has 0 amide bonds. The predicted molar refractivity (Wildman–Crippen MR) is 77.7 cm³/mol. The van der Waals surface area contributed by atoms with Crippen LogP contribution >= 0.6 is 11.6 Å². The number of ether oxygens (including phenoxy) is 1. The van der Waals surface area contributed by atoms with Crippen molar-refractivity contribution in [1.82, 2.24) is 19.5 Å². The Morgan fingerprint density at radius 3 is 2.68 bits per heavy atom. The number of aliphatic hydroxyl groups excluding tert-OH is 3. The molecule has 0 spiro atoms.